The molecule has 1 aliphatic carbocycles. The van der Waals surface area contributed by atoms with E-state index >= 15 is 0 Å². The lowest BCUT2D eigenvalue weighted by molar-refractivity contribution is 0.394. The van der Waals surface area contributed by atoms with Crippen LogP contribution in [0.5, 0.6) is 5.75 Å². The van der Waals surface area contributed by atoms with Gasteiger partial charge in [-0.2, -0.15) is 0 Å². The van der Waals surface area contributed by atoms with Crippen molar-refractivity contribution in [3.63, 3.8) is 0 Å². The maximum absolute atomic E-state index is 6.59. The number of methoxy groups -OCH3 is 1. The van der Waals surface area contributed by atoms with Gasteiger partial charge in [-0.05, 0) is 48.6 Å². The van der Waals surface area contributed by atoms with Crippen LogP contribution in [0.15, 0.2) is 42.5 Å². The number of hydrogen-bond acceptors (Lipinski definition) is 2. The van der Waals surface area contributed by atoms with E-state index in [4.69, 9.17) is 22.1 Å². The van der Waals surface area contributed by atoms with Crippen molar-refractivity contribution in [1.82, 2.24) is 0 Å². The molecule has 3 heteroatoms. The maximum atomic E-state index is 6.59. The van der Waals surface area contributed by atoms with Crippen LogP contribution in [0.1, 0.15) is 41.5 Å². The highest BCUT2D eigenvalue weighted by molar-refractivity contribution is 6.30. The summed E-state index contributed by atoms with van der Waals surface area (Å²) in [6, 6.07) is 14.2. The van der Waals surface area contributed by atoms with Crippen molar-refractivity contribution in [3.8, 4) is 5.75 Å². The van der Waals surface area contributed by atoms with Crippen LogP contribution >= 0.6 is 11.6 Å². The van der Waals surface area contributed by atoms with Gasteiger partial charge in [-0.1, -0.05) is 35.9 Å². The van der Waals surface area contributed by atoms with Gasteiger partial charge in [0.05, 0.1) is 7.11 Å². The van der Waals surface area contributed by atoms with E-state index in [1.54, 1.807) is 7.11 Å². The van der Waals surface area contributed by atoms with E-state index in [0.717, 1.165) is 24.2 Å². The fourth-order valence-corrected chi connectivity index (χ4v) is 3.53. The summed E-state index contributed by atoms with van der Waals surface area (Å²) in [6.45, 7) is 0. The summed E-state index contributed by atoms with van der Waals surface area (Å²) >= 11 is 6.15. The normalized spacial score (nSPS) is 18.9. The largest absolute Gasteiger partial charge is 0.496 e. The first-order valence-corrected chi connectivity index (χ1v) is 7.75. The second-order valence-corrected chi connectivity index (χ2v) is 6.05. The maximum Gasteiger partial charge on any atom is 0.123 e. The van der Waals surface area contributed by atoms with Gasteiger partial charge in [0.25, 0.3) is 0 Å². The van der Waals surface area contributed by atoms with E-state index in [-0.39, 0.29) is 6.04 Å². The fourth-order valence-electron chi connectivity index (χ4n) is 3.35. The van der Waals surface area contributed by atoms with Crippen molar-refractivity contribution >= 4 is 11.6 Å². The first kappa shape index (κ1) is 14.4. The molecule has 2 aromatic carbocycles. The predicted molar refractivity (Wildman–Crippen MR) is 87.1 cm³/mol. The molecule has 3 rings (SSSR count). The minimum atomic E-state index is -0.0971. The van der Waals surface area contributed by atoms with Crippen LogP contribution in [-0.4, -0.2) is 7.11 Å². The van der Waals surface area contributed by atoms with E-state index in [9.17, 15) is 0 Å². The van der Waals surface area contributed by atoms with Gasteiger partial charge in [-0.3, -0.25) is 0 Å². The summed E-state index contributed by atoms with van der Waals surface area (Å²) < 4.78 is 5.46. The molecule has 2 nitrogen and oxygen atoms in total. The molecule has 2 unspecified atom stereocenters. The Morgan fingerprint density at radius 1 is 1.24 bits per heavy atom. The van der Waals surface area contributed by atoms with Crippen molar-refractivity contribution < 1.29 is 4.74 Å². The van der Waals surface area contributed by atoms with E-state index in [1.807, 2.05) is 18.2 Å². The number of nitrogens with two attached hydrogens (primary N) is 1. The molecule has 1 aliphatic rings. The predicted octanol–water partition coefficient (Wildman–Crippen LogP) is 4.47. The topological polar surface area (TPSA) is 35.2 Å². The summed E-state index contributed by atoms with van der Waals surface area (Å²) in [4.78, 5) is 0. The van der Waals surface area contributed by atoms with Crippen LogP contribution in [0.4, 0.5) is 0 Å². The van der Waals surface area contributed by atoms with E-state index in [0.29, 0.717) is 10.9 Å². The molecule has 0 fully saturated rings. The Balaban J connectivity index is 2.00. The Morgan fingerprint density at radius 3 is 2.86 bits per heavy atom. The van der Waals surface area contributed by atoms with E-state index < -0.39 is 0 Å². The molecule has 0 saturated carbocycles. The zero-order chi connectivity index (χ0) is 14.8. The smallest absolute Gasteiger partial charge is 0.123 e. The Morgan fingerprint density at radius 2 is 2.05 bits per heavy atom. The molecular formula is C18H20ClNO. The molecule has 0 radical (unpaired) electrons. The molecule has 0 bridgehead atoms. The summed E-state index contributed by atoms with van der Waals surface area (Å²) in [5.74, 6) is 1.14. The van der Waals surface area contributed by atoms with Crippen LogP contribution in [-0.2, 0) is 6.42 Å². The number of ether oxygens (including phenoxy) is 1. The van der Waals surface area contributed by atoms with Gasteiger partial charge in [0.2, 0.25) is 0 Å². The number of benzene rings is 2. The highest BCUT2D eigenvalue weighted by atomic mass is 35.5. The highest BCUT2D eigenvalue weighted by Crippen LogP contribution is 2.41. The van der Waals surface area contributed by atoms with Crippen molar-refractivity contribution in [2.24, 2.45) is 5.73 Å². The lowest BCUT2D eigenvalue weighted by Gasteiger charge is -2.31. The Labute approximate surface area is 130 Å². The standard InChI is InChI=1S/C18H20ClNO/c1-21-17-10-9-13(19)11-16(17)18(20)15-8-4-6-12-5-2-3-7-14(12)15/h2-3,5,7,9-11,15,18H,4,6,8,20H2,1H3. The molecule has 0 amide bonds. The molecule has 2 N–H and O–H groups in total. The van der Waals surface area contributed by atoms with Crippen LogP contribution in [0, 0.1) is 0 Å². The molecule has 21 heavy (non-hydrogen) atoms. The first-order chi connectivity index (χ1) is 10.2. The number of fused-ring (bicyclic) bond motifs is 1. The lowest BCUT2D eigenvalue weighted by atomic mass is 9.77. The lowest BCUT2D eigenvalue weighted by Crippen LogP contribution is -2.24. The molecule has 0 aromatic heterocycles. The zero-order valence-electron chi connectivity index (χ0n) is 12.2. The second-order valence-electron chi connectivity index (χ2n) is 5.61. The van der Waals surface area contributed by atoms with Crippen molar-refractivity contribution in [3.05, 3.63) is 64.2 Å². The molecule has 0 saturated heterocycles. The van der Waals surface area contributed by atoms with Gasteiger partial charge in [0, 0.05) is 22.5 Å². The quantitative estimate of drug-likeness (QED) is 0.908. The minimum Gasteiger partial charge on any atom is -0.496 e. The number of halogens is 1. The van der Waals surface area contributed by atoms with Crippen molar-refractivity contribution in [1.29, 1.82) is 0 Å². The molecular weight excluding hydrogens is 282 g/mol. The monoisotopic (exact) mass is 301 g/mol. The second kappa shape index (κ2) is 6.08. The molecule has 0 spiro atoms. The van der Waals surface area contributed by atoms with Gasteiger partial charge in [-0.15, -0.1) is 0 Å². The van der Waals surface area contributed by atoms with Crippen LogP contribution < -0.4 is 10.5 Å². The summed E-state index contributed by atoms with van der Waals surface area (Å²) in [5, 5.41) is 0.699. The Hall–Kier alpha value is -1.51. The summed E-state index contributed by atoms with van der Waals surface area (Å²) in [6.07, 6.45) is 3.43. The van der Waals surface area contributed by atoms with Crippen molar-refractivity contribution in [2.45, 2.75) is 31.2 Å². The molecule has 2 atom stereocenters. The Bertz CT molecular complexity index is 641. The molecule has 0 aliphatic heterocycles. The van der Waals surface area contributed by atoms with Gasteiger partial charge in [0.15, 0.2) is 0 Å². The molecule has 110 valence electrons. The minimum absolute atomic E-state index is 0.0971. The third-order valence-corrected chi connectivity index (χ3v) is 4.64. The van der Waals surface area contributed by atoms with Gasteiger partial charge < -0.3 is 10.5 Å². The third-order valence-electron chi connectivity index (χ3n) is 4.40. The SMILES string of the molecule is COc1ccc(Cl)cc1C(N)C1CCCc2ccccc21. The van der Waals surface area contributed by atoms with E-state index in [2.05, 4.69) is 24.3 Å². The fraction of sp³-hybridized carbons (Fsp3) is 0.333. The van der Waals surface area contributed by atoms with E-state index in [1.165, 1.54) is 17.5 Å². The average Bonchev–Trinajstić information content (AvgIpc) is 2.53. The zero-order valence-corrected chi connectivity index (χ0v) is 12.9. The first-order valence-electron chi connectivity index (χ1n) is 7.37. The number of aryl methyl sites for hydroxylation is 1. The van der Waals surface area contributed by atoms with Gasteiger partial charge in [0.1, 0.15) is 5.75 Å². The highest BCUT2D eigenvalue weighted by Gasteiger charge is 2.28. The molecule has 2 aromatic rings. The third kappa shape index (κ3) is 2.78. The summed E-state index contributed by atoms with van der Waals surface area (Å²) in [5.41, 5.74) is 10.4. The number of rotatable bonds is 3. The van der Waals surface area contributed by atoms with Crippen molar-refractivity contribution in [2.75, 3.05) is 7.11 Å². The summed E-state index contributed by atoms with van der Waals surface area (Å²) in [7, 11) is 1.67. The molecule has 0 heterocycles. The Kier molecular flexibility index (Phi) is 4.18. The average molecular weight is 302 g/mol. The van der Waals surface area contributed by atoms with Crippen LogP contribution in [0.25, 0.3) is 0 Å². The van der Waals surface area contributed by atoms with Crippen LogP contribution in [0.2, 0.25) is 5.02 Å². The van der Waals surface area contributed by atoms with Gasteiger partial charge in [-0.25, -0.2) is 0 Å². The van der Waals surface area contributed by atoms with Gasteiger partial charge >= 0.3 is 0 Å². The van der Waals surface area contributed by atoms with Crippen LogP contribution in [0.3, 0.4) is 0 Å². The number of hydrogen-bond donors (Lipinski definition) is 1.